The Balaban J connectivity index is 2.10. The molecule has 1 amide bonds. The number of carbonyl (C=O) groups excluding carboxylic acids is 1. The van der Waals surface area contributed by atoms with Crippen LogP contribution in [0.2, 0.25) is 0 Å². The van der Waals surface area contributed by atoms with Crippen molar-refractivity contribution in [1.29, 1.82) is 0 Å². The van der Waals surface area contributed by atoms with Crippen LogP contribution in [0, 0.1) is 28.7 Å². The van der Waals surface area contributed by atoms with Gasteiger partial charge >= 0.3 is 5.69 Å². The number of nitro groups is 1. The quantitative estimate of drug-likeness (QED) is 0.608. The number of aryl methyl sites for hydroxylation is 1. The molecule has 0 saturated heterocycles. The fraction of sp³-hybridized carbons (Fsp3) is 0.133. The highest BCUT2D eigenvalue weighted by Gasteiger charge is 2.17. The molecule has 0 aliphatic rings. The van der Waals surface area contributed by atoms with Gasteiger partial charge in [-0.3, -0.25) is 14.9 Å². The molecule has 9 heteroatoms. The number of hydrogen-bond donors (Lipinski definition) is 1. The molecule has 2 aromatic carbocycles. The number of carbonyl (C=O) groups is 1. The SMILES string of the molecule is Cc1ccc([N+](=O)[O-])c(OCC(=O)Nc2c(F)cc(F)cc2Br)c1. The van der Waals surface area contributed by atoms with Crippen LogP contribution in [0.1, 0.15) is 5.56 Å². The first-order chi connectivity index (χ1) is 11.3. The summed E-state index contributed by atoms with van der Waals surface area (Å²) in [6.45, 7) is 1.13. The van der Waals surface area contributed by atoms with E-state index in [0.29, 0.717) is 11.6 Å². The largest absolute Gasteiger partial charge is 0.477 e. The number of benzene rings is 2. The van der Waals surface area contributed by atoms with Gasteiger partial charge in [0.15, 0.2) is 18.2 Å². The lowest BCUT2D eigenvalue weighted by Crippen LogP contribution is -2.21. The molecule has 1 N–H and O–H groups in total. The summed E-state index contributed by atoms with van der Waals surface area (Å²) in [5.74, 6) is -2.59. The van der Waals surface area contributed by atoms with E-state index in [-0.39, 0.29) is 21.6 Å². The number of rotatable bonds is 5. The van der Waals surface area contributed by atoms with Crippen molar-refractivity contribution in [2.75, 3.05) is 11.9 Å². The van der Waals surface area contributed by atoms with Gasteiger partial charge < -0.3 is 10.1 Å². The van der Waals surface area contributed by atoms with Crippen molar-refractivity contribution in [2.45, 2.75) is 6.92 Å². The van der Waals surface area contributed by atoms with E-state index < -0.39 is 29.1 Å². The van der Waals surface area contributed by atoms with Gasteiger partial charge in [-0.15, -0.1) is 0 Å². The van der Waals surface area contributed by atoms with Crippen LogP contribution in [0.25, 0.3) is 0 Å². The van der Waals surface area contributed by atoms with Gasteiger partial charge in [0.05, 0.1) is 10.6 Å². The van der Waals surface area contributed by atoms with E-state index in [9.17, 15) is 23.7 Å². The number of anilines is 1. The minimum Gasteiger partial charge on any atom is -0.477 e. The van der Waals surface area contributed by atoms with Crippen LogP contribution in [0.3, 0.4) is 0 Å². The number of hydrogen-bond acceptors (Lipinski definition) is 4. The molecule has 0 fully saturated rings. The summed E-state index contributed by atoms with van der Waals surface area (Å²) in [6, 6.07) is 5.83. The number of nitro benzene ring substituents is 1. The van der Waals surface area contributed by atoms with E-state index in [4.69, 9.17) is 4.74 Å². The van der Waals surface area contributed by atoms with Crippen LogP contribution in [-0.4, -0.2) is 17.4 Å². The molecule has 0 aliphatic heterocycles. The van der Waals surface area contributed by atoms with E-state index in [1.165, 1.54) is 18.2 Å². The van der Waals surface area contributed by atoms with E-state index >= 15 is 0 Å². The zero-order chi connectivity index (χ0) is 17.9. The number of ether oxygens (including phenoxy) is 1. The first kappa shape index (κ1) is 17.8. The highest BCUT2D eigenvalue weighted by Crippen LogP contribution is 2.29. The third kappa shape index (κ3) is 4.25. The lowest BCUT2D eigenvalue weighted by Gasteiger charge is -2.10. The molecule has 2 rings (SSSR count). The maximum absolute atomic E-state index is 13.6. The molecule has 0 aromatic heterocycles. The monoisotopic (exact) mass is 400 g/mol. The smallest absolute Gasteiger partial charge is 0.310 e. The zero-order valence-electron chi connectivity index (χ0n) is 12.3. The normalized spacial score (nSPS) is 10.3. The minimum absolute atomic E-state index is 0.0230. The third-order valence-corrected chi connectivity index (χ3v) is 3.57. The number of amides is 1. The van der Waals surface area contributed by atoms with E-state index in [1.54, 1.807) is 6.92 Å². The highest BCUT2D eigenvalue weighted by atomic mass is 79.9. The Kier molecular flexibility index (Phi) is 5.45. The second kappa shape index (κ2) is 7.35. The fourth-order valence-electron chi connectivity index (χ4n) is 1.87. The number of nitrogens with one attached hydrogen (secondary N) is 1. The molecule has 0 atom stereocenters. The summed E-state index contributed by atoms with van der Waals surface area (Å²) in [5.41, 5.74) is 0.176. The maximum atomic E-state index is 13.6. The molecule has 0 bridgehead atoms. The molecule has 0 radical (unpaired) electrons. The third-order valence-electron chi connectivity index (χ3n) is 2.94. The molecule has 24 heavy (non-hydrogen) atoms. The zero-order valence-corrected chi connectivity index (χ0v) is 13.9. The van der Waals surface area contributed by atoms with E-state index in [1.807, 2.05) is 0 Å². The molecule has 126 valence electrons. The minimum atomic E-state index is -0.961. The van der Waals surface area contributed by atoms with Crippen LogP contribution in [0.4, 0.5) is 20.2 Å². The van der Waals surface area contributed by atoms with E-state index in [2.05, 4.69) is 21.2 Å². The van der Waals surface area contributed by atoms with Gasteiger partial charge in [-0.25, -0.2) is 8.78 Å². The first-order valence-corrected chi connectivity index (χ1v) is 7.39. The molecular weight excluding hydrogens is 390 g/mol. The van der Waals surface area contributed by atoms with Crippen molar-refractivity contribution in [3.05, 3.63) is 62.1 Å². The van der Waals surface area contributed by atoms with Crippen LogP contribution in [-0.2, 0) is 4.79 Å². The lowest BCUT2D eigenvalue weighted by molar-refractivity contribution is -0.385. The Morgan fingerprint density at radius 1 is 1.33 bits per heavy atom. The van der Waals surface area contributed by atoms with Crippen molar-refractivity contribution in [1.82, 2.24) is 0 Å². The van der Waals surface area contributed by atoms with Crippen molar-refractivity contribution in [3.63, 3.8) is 0 Å². The van der Waals surface area contributed by atoms with Gasteiger partial charge in [-0.2, -0.15) is 0 Å². The molecular formula is C15H11BrF2N2O4. The Labute approximate surface area is 143 Å². The Morgan fingerprint density at radius 3 is 2.67 bits per heavy atom. The summed E-state index contributed by atoms with van der Waals surface area (Å²) in [6.07, 6.45) is 0. The second-order valence-corrected chi connectivity index (χ2v) is 5.66. The average Bonchev–Trinajstić information content (AvgIpc) is 2.48. The Morgan fingerprint density at radius 2 is 2.04 bits per heavy atom. The topological polar surface area (TPSA) is 81.5 Å². The molecule has 0 heterocycles. The van der Waals surface area contributed by atoms with Crippen LogP contribution < -0.4 is 10.1 Å². The lowest BCUT2D eigenvalue weighted by atomic mass is 10.2. The van der Waals surface area contributed by atoms with Gasteiger partial charge in [0.1, 0.15) is 5.82 Å². The van der Waals surface area contributed by atoms with Gasteiger partial charge in [0.2, 0.25) is 0 Å². The summed E-state index contributed by atoms with van der Waals surface area (Å²) < 4.78 is 31.8. The van der Waals surface area contributed by atoms with Crippen molar-refractivity contribution in [2.24, 2.45) is 0 Å². The van der Waals surface area contributed by atoms with Gasteiger partial charge in [0.25, 0.3) is 5.91 Å². The molecule has 2 aromatic rings. The number of halogens is 3. The predicted molar refractivity (Wildman–Crippen MR) is 86.0 cm³/mol. The number of nitrogens with zero attached hydrogens (tertiary/aromatic N) is 1. The first-order valence-electron chi connectivity index (χ1n) is 6.60. The Hall–Kier alpha value is -2.55. The van der Waals surface area contributed by atoms with Crippen LogP contribution in [0.15, 0.2) is 34.8 Å². The predicted octanol–water partition coefficient (Wildman–Crippen LogP) is 3.96. The molecule has 0 spiro atoms. The molecule has 0 saturated carbocycles. The summed E-state index contributed by atoms with van der Waals surface area (Å²) in [5, 5.41) is 13.1. The van der Waals surface area contributed by atoms with Crippen molar-refractivity contribution < 1.29 is 23.2 Å². The second-order valence-electron chi connectivity index (χ2n) is 4.81. The van der Waals surface area contributed by atoms with Crippen LogP contribution in [0.5, 0.6) is 5.75 Å². The molecule has 6 nitrogen and oxygen atoms in total. The van der Waals surface area contributed by atoms with Gasteiger partial charge in [0, 0.05) is 16.6 Å². The summed E-state index contributed by atoms with van der Waals surface area (Å²) >= 11 is 2.94. The van der Waals surface area contributed by atoms with Crippen molar-refractivity contribution in [3.8, 4) is 5.75 Å². The Bertz CT molecular complexity index is 791. The fourth-order valence-corrected chi connectivity index (χ4v) is 2.38. The summed E-state index contributed by atoms with van der Waals surface area (Å²) in [4.78, 5) is 22.1. The van der Waals surface area contributed by atoms with Crippen molar-refractivity contribution >= 4 is 33.2 Å². The molecule has 0 aliphatic carbocycles. The standard InChI is InChI=1S/C15H11BrF2N2O4/c1-8-2-3-12(20(22)23)13(4-8)24-7-14(21)19-15-10(16)5-9(17)6-11(15)18/h2-6H,7H2,1H3,(H,19,21). The van der Waals surface area contributed by atoms with Gasteiger partial charge in [-0.05, 0) is 40.5 Å². The highest BCUT2D eigenvalue weighted by molar-refractivity contribution is 9.10. The van der Waals surface area contributed by atoms with Gasteiger partial charge in [-0.1, -0.05) is 6.07 Å². The van der Waals surface area contributed by atoms with E-state index in [0.717, 1.165) is 6.07 Å². The average molecular weight is 401 g/mol. The summed E-state index contributed by atoms with van der Waals surface area (Å²) in [7, 11) is 0. The molecule has 0 unspecified atom stereocenters. The maximum Gasteiger partial charge on any atom is 0.310 e. The van der Waals surface area contributed by atoms with Crippen LogP contribution >= 0.6 is 15.9 Å².